The summed E-state index contributed by atoms with van der Waals surface area (Å²) in [5.74, 6) is 0.112. The van der Waals surface area contributed by atoms with Gasteiger partial charge < -0.3 is 10.0 Å². The lowest BCUT2D eigenvalue weighted by Crippen LogP contribution is -2.47. The fourth-order valence-electron chi connectivity index (χ4n) is 2.19. The van der Waals surface area contributed by atoms with E-state index in [1.165, 1.54) is 6.33 Å². The first-order chi connectivity index (χ1) is 8.76. The van der Waals surface area contributed by atoms with E-state index in [0.717, 1.165) is 26.2 Å². The third-order valence-electron chi connectivity index (χ3n) is 3.27. The Kier molecular flexibility index (Phi) is 4.43. The number of halogens is 1. The van der Waals surface area contributed by atoms with Crippen LogP contribution in [0.1, 0.15) is 12.6 Å². The Hall–Kier alpha value is -1.27. The predicted molar refractivity (Wildman–Crippen MR) is 67.1 cm³/mol. The van der Waals surface area contributed by atoms with E-state index in [-0.39, 0.29) is 12.4 Å². The van der Waals surface area contributed by atoms with Crippen molar-refractivity contribution in [3.8, 4) is 0 Å². The lowest BCUT2D eigenvalue weighted by Gasteiger charge is -2.35. The van der Waals surface area contributed by atoms with E-state index in [4.69, 9.17) is 5.11 Å². The quantitative estimate of drug-likeness (QED) is 0.837. The normalized spacial score (nSPS) is 17.2. The summed E-state index contributed by atoms with van der Waals surface area (Å²) < 4.78 is 14.1. The molecule has 6 heteroatoms. The topological polar surface area (TPSA) is 52.5 Å². The molecular formula is C12H19FN4O. The van der Waals surface area contributed by atoms with Crippen LogP contribution in [0.3, 0.4) is 0 Å². The number of rotatable bonds is 4. The van der Waals surface area contributed by atoms with Crippen LogP contribution >= 0.6 is 0 Å². The van der Waals surface area contributed by atoms with Gasteiger partial charge in [-0.3, -0.25) is 4.90 Å². The number of aromatic nitrogens is 2. The van der Waals surface area contributed by atoms with Crippen molar-refractivity contribution in [1.29, 1.82) is 0 Å². The average Bonchev–Trinajstić information content (AvgIpc) is 2.41. The molecule has 1 aromatic rings. The van der Waals surface area contributed by atoms with Gasteiger partial charge in [0, 0.05) is 32.7 Å². The van der Waals surface area contributed by atoms with Crippen LogP contribution in [0.4, 0.5) is 10.2 Å². The first kappa shape index (κ1) is 13.2. The van der Waals surface area contributed by atoms with Crippen molar-refractivity contribution in [2.24, 2.45) is 0 Å². The van der Waals surface area contributed by atoms with E-state index in [2.05, 4.69) is 14.9 Å². The first-order valence-corrected chi connectivity index (χ1v) is 6.33. The van der Waals surface area contributed by atoms with Crippen LogP contribution in [0.25, 0.3) is 0 Å². The Balaban J connectivity index is 2.05. The molecule has 0 radical (unpaired) electrons. The molecular weight excluding hydrogens is 235 g/mol. The maximum Gasteiger partial charge on any atom is 0.187 e. The summed E-state index contributed by atoms with van der Waals surface area (Å²) in [5, 5.41) is 8.88. The Morgan fingerprint density at radius 1 is 1.28 bits per heavy atom. The van der Waals surface area contributed by atoms with Gasteiger partial charge in [0.25, 0.3) is 0 Å². The van der Waals surface area contributed by atoms with Crippen molar-refractivity contribution in [3.63, 3.8) is 0 Å². The molecule has 2 rings (SSSR count). The van der Waals surface area contributed by atoms with Gasteiger partial charge >= 0.3 is 0 Å². The van der Waals surface area contributed by atoms with Crippen LogP contribution in [-0.2, 0) is 6.42 Å². The number of nitrogens with zero attached hydrogens (tertiary/aromatic N) is 4. The van der Waals surface area contributed by atoms with Crippen molar-refractivity contribution in [2.75, 3.05) is 44.2 Å². The van der Waals surface area contributed by atoms with Gasteiger partial charge in [-0.1, -0.05) is 6.92 Å². The maximum absolute atomic E-state index is 14.1. The Bertz CT molecular complexity index is 394. The number of piperazine rings is 1. The summed E-state index contributed by atoms with van der Waals surface area (Å²) in [6.45, 7) is 5.85. The van der Waals surface area contributed by atoms with Gasteiger partial charge in [0.1, 0.15) is 6.33 Å². The zero-order chi connectivity index (χ0) is 13.0. The molecule has 18 heavy (non-hydrogen) atoms. The number of aliphatic hydroxyl groups is 1. The van der Waals surface area contributed by atoms with E-state index in [1.807, 2.05) is 11.8 Å². The van der Waals surface area contributed by atoms with Crippen molar-refractivity contribution >= 4 is 5.82 Å². The molecule has 0 amide bonds. The van der Waals surface area contributed by atoms with Gasteiger partial charge in [-0.05, 0) is 6.42 Å². The Morgan fingerprint density at radius 2 is 2.00 bits per heavy atom. The minimum absolute atomic E-state index is 0.169. The molecule has 0 atom stereocenters. The molecule has 0 aliphatic carbocycles. The van der Waals surface area contributed by atoms with E-state index in [9.17, 15) is 4.39 Å². The summed E-state index contributed by atoms with van der Waals surface area (Å²) in [6, 6.07) is 0. The second kappa shape index (κ2) is 6.06. The van der Waals surface area contributed by atoms with Crippen LogP contribution in [0, 0.1) is 5.82 Å². The lowest BCUT2D eigenvalue weighted by molar-refractivity contribution is 0.188. The molecule has 100 valence electrons. The summed E-state index contributed by atoms with van der Waals surface area (Å²) >= 11 is 0. The highest BCUT2D eigenvalue weighted by molar-refractivity contribution is 5.41. The molecule has 0 unspecified atom stereocenters. The fraction of sp³-hybridized carbons (Fsp3) is 0.667. The second-order valence-electron chi connectivity index (χ2n) is 4.36. The number of aryl methyl sites for hydroxylation is 1. The van der Waals surface area contributed by atoms with Gasteiger partial charge in [0.05, 0.1) is 12.3 Å². The number of anilines is 1. The lowest BCUT2D eigenvalue weighted by atomic mass is 10.2. The zero-order valence-electron chi connectivity index (χ0n) is 10.6. The van der Waals surface area contributed by atoms with Crippen molar-refractivity contribution in [2.45, 2.75) is 13.3 Å². The van der Waals surface area contributed by atoms with Gasteiger partial charge in [-0.15, -0.1) is 0 Å². The molecule has 1 N–H and O–H groups in total. The van der Waals surface area contributed by atoms with Crippen molar-refractivity contribution < 1.29 is 9.50 Å². The molecule has 0 spiro atoms. The van der Waals surface area contributed by atoms with Gasteiger partial charge in [0.2, 0.25) is 0 Å². The molecule has 2 heterocycles. The van der Waals surface area contributed by atoms with E-state index in [0.29, 0.717) is 24.5 Å². The molecule has 1 aliphatic heterocycles. The highest BCUT2D eigenvalue weighted by Crippen LogP contribution is 2.19. The minimum Gasteiger partial charge on any atom is -0.395 e. The summed E-state index contributed by atoms with van der Waals surface area (Å²) in [6.07, 6.45) is 2.00. The van der Waals surface area contributed by atoms with Crippen LogP contribution < -0.4 is 4.90 Å². The second-order valence-corrected chi connectivity index (χ2v) is 4.36. The summed E-state index contributed by atoms with van der Waals surface area (Å²) in [4.78, 5) is 12.1. The average molecular weight is 254 g/mol. The maximum atomic E-state index is 14.1. The highest BCUT2D eigenvalue weighted by Gasteiger charge is 2.21. The van der Waals surface area contributed by atoms with Gasteiger partial charge in [0.15, 0.2) is 11.6 Å². The third-order valence-corrected chi connectivity index (χ3v) is 3.27. The van der Waals surface area contributed by atoms with E-state index in [1.54, 1.807) is 0 Å². The molecule has 1 saturated heterocycles. The summed E-state index contributed by atoms with van der Waals surface area (Å²) in [5.41, 5.74) is 0.470. The largest absolute Gasteiger partial charge is 0.395 e. The van der Waals surface area contributed by atoms with E-state index < -0.39 is 0 Å². The fourth-order valence-corrected chi connectivity index (χ4v) is 2.19. The third kappa shape index (κ3) is 2.76. The standard InChI is InChI=1S/C12H19FN4O/c1-2-10-11(13)12(15-9-14-10)17-5-3-16(4-6-17)7-8-18/h9,18H,2-8H2,1H3. The molecule has 1 fully saturated rings. The zero-order valence-corrected chi connectivity index (χ0v) is 10.6. The van der Waals surface area contributed by atoms with Crippen LogP contribution in [-0.4, -0.2) is 59.3 Å². The van der Waals surface area contributed by atoms with Crippen LogP contribution in [0.5, 0.6) is 0 Å². The van der Waals surface area contributed by atoms with E-state index >= 15 is 0 Å². The molecule has 1 aromatic heterocycles. The molecule has 1 aliphatic rings. The van der Waals surface area contributed by atoms with Crippen molar-refractivity contribution in [3.05, 3.63) is 17.8 Å². The predicted octanol–water partition coefficient (Wildman–Crippen LogP) is 0.292. The van der Waals surface area contributed by atoms with Gasteiger partial charge in [-0.25, -0.2) is 14.4 Å². The summed E-state index contributed by atoms with van der Waals surface area (Å²) in [7, 11) is 0. The van der Waals surface area contributed by atoms with Gasteiger partial charge in [-0.2, -0.15) is 0 Å². The number of β-amino-alcohol motifs (C(OH)–C–C–N with tert-alkyl or cyclic N) is 1. The number of aliphatic hydroxyl groups excluding tert-OH is 1. The molecule has 5 nitrogen and oxygen atoms in total. The number of hydrogen-bond donors (Lipinski definition) is 1. The molecule has 0 bridgehead atoms. The molecule has 0 saturated carbocycles. The van der Waals surface area contributed by atoms with Crippen LogP contribution in [0.15, 0.2) is 6.33 Å². The van der Waals surface area contributed by atoms with Crippen LogP contribution in [0.2, 0.25) is 0 Å². The Morgan fingerprint density at radius 3 is 2.61 bits per heavy atom. The number of hydrogen-bond acceptors (Lipinski definition) is 5. The smallest absolute Gasteiger partial charge is 0.187 e. The Labute approximate surface area is 106 Å². The minimum atomic E-state index is -0.296. The SMILES string of the molecule is CCc1ncnc(N2CCN(CCO)CC2)c1F. The monoisotopic (exact) mass is 254 g/mol. The molecule has 0 aromatic carbocycles. The highest BCUT2D eigenvalue weighted by atomic mass is 19.1. The van der Waals surface area contributed by atoms with Crippen molar-refractivity contribution in [1.82, 2.24) is 14.9 Å². The first-order valence-electron chi connectivity index (χ1n) is 6.33.